The van der Waals surface area contributed by atoms with Crippen LogP contribution in [0.4, 0.5) is 11.4 Å². The van der Waals surface area contributed by atoms with Crippen LogP contribution in [-0.2, 0) is 20.4 Å². The maximum absolute atomic E-state index is 14.7. The standard InChI is InChI=1S/C34H40N4O2/c1-21(2)15-17-33-19-27-29(39)38-28(30(40)37(27)31(33)35(5)25-13-9-7-11-23(25)33)20-34(18-16-22(3)4)24-12-8-10-14-26(24)36(6)32(34)38/h7-16,27-28,31-32H,17-20H2,1-6H3/t27-,28-,31+,32+,33+,34+/m0/s1. The van der Waals surface area contributed by atoms with Crippen LogP contribution in [0.25, 0.3) is 0 Å². The zero-order chi connectivity index (χ0) is 28.1. The zero-order valence-electron chi connectivity index (χ0n) is 24.5. The third-order valence-electron chi connectivity index (χ3n) is 10.5. The first kappa shape index (κ1) is 25.4. The monoisotopic (exact) mass is 536 g/mol. The third-order valence-corrected chi connectivity index (χ3v) is 10.5. The summed E-state index contributed by atoms with van der Waals surface area (Å²) in [5, 5.41) is 0. The van der Waals surface area contributed by atoms with Crippen LogP contribution >= 0.6 is 0 Å². The predicted octanol–water partition coefficient (Wildman–Crippen LogP) is 5.34. The Morgan fingerprint density at radius 2 is 1.07 bits per heavy atom. The van der Waals surface area contributed by atoms with Gasteiger partial charge < -0.3 is 19.6 Å². The molecule has 3 fully saturated rings. The highest BCUT2D eigenvalue weighted by molar-refractivity contribution is 6.00. The first-order valence-corrected chi connectivity index (χ1v) is 14.7. The molecule has 2 amide bonds. The fourth-order valence-electron chi connectivity index (χ4n) is 8.93. The maximum Gasteiger partial charge on any atom is 0.247 e. The Balaban J connectivity index is 1.35. The molecule has 0 saturated carbocycles. The number of carbonyl (C=O) groups excluding carboxylic acids is 2. The molecule has 0 aliphatic carbocycles. The predicted molar refractivity (Wildman–Crippen MR) is 159 cm³/mol. The minimum absolute atomic E-state index is 0.116. The quantitative estimate of drug-likeness (QED) is 0.495. The number of rotatable bonds is 4. The van der Waals surface area contributed by atoms with Gasteiger partial charge in [-0.3, -0.25) is 9.59 Å². The minimum atomic E-state index is -0.452. The summed E-state index contributed by atoms with van der Waals surface area (Å²) in [7, 11) is 4.20. The van der Waals surface area contributed by atoms with E-state index in [1.54, 1.807) is 0 Å². The van der Waals surface area contributed by atoms with Crippen molar-refractivity contribution in [3.63, 3.8) is 0 Å². The van der Waals surface area contributed by atoms with Gasteiger partial charge in [-0.25, -0.2) is 0 Å². The van der Waals surface area contributed by atoms with Crippen molar-refractivity contribution in [2.45, 2.75) is 88.6 Å². The summed E-state index contributed by atoms with van der Waals surface area (Å²) in [5.74, 6) is 0.232. The second-order valence-electron chi connectivity index (χ2n) is 13.2. The number of hydrogen-bond acceptors (Lipinski definition) is 4. The number of likely N-dealkylation sites (N-methyl/N-ethyl adjacent to an activating group) is 2. The summed E-state index contributed by atoms with van der Waals surface area (Å²) in [6.45, 7) is 8.52. The smallest absolute Gasteiger partial charge is 0.247 e. The van der Waals surface area contributed by atoms with Crippen LogP contribution < -0.4 is 9.80 Å². The normalized spacial score (nSPS) is 32.9. The van der Waals surface area contributed by atoms with Gasteiger partial charge in [0.2, 0.25) is 11.8 Å². The zero-order valence-corrected chi connectivity index (χ0v) is 24.5. The number of benzene rings is 2. The highest BCUT2D eigenvalue weighted by Crippen LogP contribution is 2.61. The molecule has 6 atom stereocenters. The van der Waals surface area contributed by atoms with Crippen molar-refractivity contribution >= 4 is 23.2 Å². The fraction of sp³-hybridized carbons (Fsp3) is 0.471. The largest absolute Gasteiger partial charge is 0.353 e. The molecule has 3 saturated heterocycles. The molecule has 5 heterocycles. The number of fused-ring (bicyclic) bond motifs is 10. The van der Waals surface area contributed by atoms with Crippen LogP contribution in [-0.4, -0.2) is 60.1 Å². The van der Waals surface area contributed by atoms with Crippen LogP contribution in [0.1, 0.15) is 64.5 Å². The molecule has 6 heteroatoms. The van der Waals surface area contributed by atoms with Gasteiger partial charge in [0.25, 0.3) is 0 Å². The van der Waals surface area contributed by atoms with Crippen molar-refractivity contribution in [3.8, 4) is 0 Å². The van der Waals surface area contributed by atoms with Gasteiger partial charge in [-0.15, -0.1) is 0 Å². The van der Waals surface area contributed by atoms with Gasteiger partial charge in [0.1, 0.15) is 24.4 Å². The molecule has 2 aromatic rings. The van der Waals surface area contributed by atoms with Crippen molar-refractivity contribution in [3.05, 3.63) is 83.0 Å². The Morgan fingerprint density at radius 3 is 1.45 bits per heavy atom. The lowest BCUT2D eigenvalue weighted by molar-refractivity contribution is -0.160. The molecule has 7 rings (SSSR count). The summed E-state index contributed by atoms with van der Waals surface area (Å²) < 4.78 is 0. The Morgan fingerprint density at radius 1 is 0.700 bits per heavy atom. The number of hydrogen-bond donors (Lipinski definition) is 0. The number of amides is 2. The molecule has 0 aromatic heterocycles. The van der Waals surface area contributed by atoms with Crippen molar-refractivity contribution < 1.29 is 9.59 Å². The second kappa shape index (κ2) is 8.48. The van der Waals surface area contributed by atoms with Gasteiger partial charge in [-0.2, -0.15) is 0 Å². The number of allylic oxidation sites excluding steroid dienone is 4. The lowest BCUT2D eigenvalue weighted by Crippen LogP contribution is -2.67. The molecule has 208 valence electrons. The molecule has 0 N–H and O–H groups in total. The Labute approximate surface area is 237 Å². The molecule has 5 aliphatic rings. The van der Waals surface area contributed by atoms with E-state index < -0.39 is 12.1 Å². The Hall–Kier alpha value is -3.54. The molecule has 0 radical (unpaired) electrons. The minimum Gasteiger partial charge on any atom is -0.353 e. The van der Waals surface area contributed by atoms with Crippen molar-refractivity contribution in [1.82, 2.24) is 9.80 Å². The first-order chi connectivity index (χ1) is 19.1. The molecule has 40 heavy (non-hydrogen) atoms. The van der Waals surface area contributed by atoms with Gasteiger partial charge in [-0.05, 0) is 76.6 Å². The van der Waals surface area contributed by atoms with E-state index in [1.165, 1.54) is 33.6 Å². The van der Waals surface area contributed by atoms with Gasteiger partial charge in [0.15, 0.2) is 0 Å². The topological polar surface area (TPSA) is 47.1 Å². The summed E-state index contributed by atoms with van der Waals surface area (Å²) in [6, 6.07) is 16.2. The molecule has 0 bridgehead atoms. The van der Waals surface area contributed by atoms with E-state index in [9.17, 15) is 9.59 Å². The van der Waals surface area contributed by atoms with Crippen LogP contribution in [0.2, 0.25) is 0 Å². The molecule has 0 unspecified atom stereocenters. The average Bonchev–Trinajstić information content (AvgIpc) is 3.61. The van der Waals surface area contributed by atoms with Crippen molar-refractivity contribution in [2.75, 3.05) is 23.9 Å². The Bertz CT molecular complexity index is 1370. The number of anilines is 2. The Kier molecular flexibility index (Phi) is 5.39. The van der Waals surface area contributed by atoms with Crippen LogP contribution in [0.15, 0.2) is 71.8 Å². The van der Waals surface area contributed by atoms with Gasteiger partial charge in [-0.1, -0.05) is 59.7 Å². The lowest BCUT2D eigenvalue weighted by Gasteiger charge is -2.46. The molecular weight excluding hydrogens is 496 g/mol. The lowest BCUT2D eigenvalue weighted by atomic mass is 9.74. The fourth-order valence-corrected chi connectivity index (χ4v) is 8.93. The first-order valence-electron chi connectivity index (χ1n) is 14.7. The summed E-state index contributed by atoms with van der Waals surface area (Å²) in [6.07, 6.45) is 7.21. The van der Waals surface area contributed by atoms with E-state index in [0.29, 0.717) is 12.8 Å². The van der Waals surface area contributed by atoms with Crippen LogP contribution in [0.3, 0.4) is 0 Å². The van der Waals surface area contributed by atoms with Gasteiger partial charge in [0, 0.05) is 36.3 Å². The number of para-hydroxylation sites is 2. The highest BCUT2D eigenvalue weighted by Gasteiger charge is 2.71. The number of piperazine rings is 1. The molecule has 6 nitrogen and oxygen atoms in total. The molecule has 0 spiro atoms. The molecule has 5 aliphatic heterocycles. The van der Waals surface area contributed by atoms with E-state index in [2.05, 4.69) is 112 Å². The van der Waals surface area contributed by atoms with Crippen molar-refractivity contribution in [2.24, 2.45) is 0 Å². The highest BCUT2D eigenvalue weighted by atomic mass is 16.2. The SMILES string of the molecule is CC(C)=CC[C@]12C[C@H]3C(=O)N4[C@H]5N(C)c6ccccc6[C@@]5(CC=C(C)C)C[C@H]4C(=O)N3[C@H]1N(C)c1ccccc12. The summed E-state index contributed by atoms with van der Waals surface area (Å²) in [4.78, 5) is 38.0. The average molecular weight is 537 g/mol. The van der Waals surface area contributed by atoms with E-state index in [-0.39, 0.29) is 35.0 Å². The molecular formula is C34H40N4O2. The third kappa shape index (κ3) is 3.05. The van der Waals surface area contributed by atoms with Crippen LogP contribution in [0.5, 0.6) is 0 Å². The van der Waals surface area contributed by atoms with E-state index >= 15 is 0 Å². The van der Waals surface area contributed by atoms with Crippen LogP contribution in [0, 0.1) is 0 Å². The summed E-state index contributed by atoms with van der Waals surface area (Å²) >= 11 is 0. The van der Waals surface area contributed by atoms with Crippen molar-refractivity contribution in [1.29, 1.82) is 0 Å². The summed E-state index contributed by atoms with van der Waals surface area (Å²) in [5.41, 5.74) is 6.79. The van der Waals surface area contributed by atoms with E-state index in [1.807, 2.05) is 9.80 Å². The van der Waals surface area contributed by atoms with E-state index in [0.717, 1.165) is 12.8 Å². The maximum atomic E-state index is 14.7. The number of nitrogens with zero attached hydrogens (tertiary/aromatic N) is 4. The van der Waals surface area contributed by atoms with Gasteiger partial charge in [0.05, 0.1) is 0 Å². The van der Waals surface area contributed by atoms with Gasteiger partial charge >= 0.3 is 0 Å². The second-order valence-corrected chi connectivity index (χ2v) is 13.2. The molecule has 2 aromatic carbocycles. The van der Waals surface area contributed by atoms with E-state index in [4.69, 9.17) is 0 Å². The number of carbonyl (C=O) groups is 2.